The lowest BCUT2D eigenvalue weighted by Gasteiger charge is -2.09. The molecule has 2 aromatic rings. The van der Waals surface area contributed by atoms with Crippen LogP contribution in [0.3, 0.4) is 0 Å². The van der Waals surface area contributed by atoms with Gasteiger partial charge < -0.3 is 20.1 Å². The summed E-state index contributed by atoms with van der Waals surface area (Å²) in [5.74, 6) is 1.81. The number of nitrogens with one attached hydrogen (secondary N) is 2. The highest BCUT2D eigenvalue weighted by atomic mass is 16.7. The van der Waals surface area contributed by atoms with Gasteiger partial charge in [0.05, 0.1) is 11.9 Å². The van der Waals surface area contributed by atoms with E-state index in [1.54, 1.807) is 12.3 Å². The van der Waals surface area contributed by atoms with E-state index in [2.05, 4.69) is 29.5 Å². The molecule has 0 aliphatic carbocycles. The Kier molecular flexibility index (Phi) is 4.84. The van der Waals surface area contributed by atoms with Crippen molar-refractivity contribution in [1.29, 1.82) is 0 Å². The lowest BCUT2D eigenvalue weighted by atomic mass is 10.2. The van der Waals surface area contributed by atoms with E-state index >= 15 is 0 Å². The average molecular weight is 327 g/mol. The van der Waals surface area contributed by atoms with Crippen LogP contribution in [0.2, 0.25) is 0 Å². The molecule has 0 atom stereocenters. The van der Waals surface area contributed by atoms with Gasteiger partial charge in [-0.2, -0.15) is 0 Å². The van der Waals surface area contributed by atoms with E-state index in [1.807, 2.05) is 24.3 Å². The Hall–Kier alpha value is -2.76. The van der Waals surface area contributed by atoms with Crippen molar-refractivity contribution in [3.8, 4) is 11.5 Å². The molecular weight excluding hydrogens is 306 g/mol. The summed E-state index contributed by atoms with van der Waals surface area (Å²) in [5.41, 5.74) is 2.36. The molecule has 0 unspecified atom stereocenters. The van der Waals surface area contributed by atoms with Gasteiger partial charge in [-0.3, -0.25) is 4.79 Å². The van der Waals surface area contributed by atoms with Gasteiger partial charge in [0.2, 0.25) is 6.79 Å². The van der Waals surface area contributed by atoms with Crippen LogP contribution in [-0.2, 0) is 6.54 Å². The summed E-state index contributed by atoms with van der Waals surface area (Å²) in [6.45, 7) is 5.66. The van der Waals surface area contributed by atoms with Crippen molar-refractivity contribution in [3.63, 3.8) is 0 Å². The highest BCUT2D eigenvalue weighted by molar-refractivity contribution is 5.92. The third-order valence-corrected chi connectivity index (χ3v) is 3.60. The van der Waals surface area contributed by atoms with Crippen molar-refractivity contribution in [2.75, 3.05) is 18.7 Å². The number of amides is 1. The number of pyridine rings is 1. The monoisotopic (exact) mass is 327 g/mol. The number of carbonyl (C=O) groups excluding carboxylic acids is 1. The van der Waals surface area contributed by atoms with Gasteiger partial charge in [0, 0.05) is 13.1 Å². The molecule has 0 saturated carbocycles. The molecule has 126 valence electrons. The number of anilines is 1. The van der Waals surface area contributed by atoms with Crippen LogP contribution in [0.5, 0.6) is 11.5 Å². The minimum absolute atomic E-state index is 0.147. The minimum Gasteiger partial charge on any atom is -0.454 e. The van der Waals surface area contributed by atoms with Crippen LogP contribution < -0.4 is 20.1 Å². The van der Waals surface area contributed by atoms with Crippen molar-refractivity contribution in [3.05, 3.63) is 47.8 Å². The largest absolute Gasteiger partial charge is 0.454 e. The van der Waals surface area contributed by atoms with Crippen LogP contribution in [0.15, 0.2) is 36.5 Å². The van der Waals surface area contributed by atoms with Crippen molar-refractivity contribution in [2.24, 2.45) is 5.92 Å². The van der Waals surface area contributed by atoms with Crippen molar-refractivity contribution in [1.82, 2.24) is 10.3 Å². The van der Waals surface area contributed by atoms with Gasteiger partial charge in [0.15, 0.2) is 11.5 Å². The Balaban J connectivity index is 1.55. The van der Waals surface area contributed by atoms with Crippen molar-refractivity contribution in [2.45, 2.75) is 20.4 Å². The van der Waals surface area contributed by atoms with Gasteiger partial charge in [-0.15, -0.1) is 0 Å². The summed E-state index contributed by atoms with van der Waals surface area (Å²) >= 11 is 0. The number of rotatable bonds is 6. The van der Waals surface area contributed by atoms with Crippen LogP contribution in [0.25, 0.3) is 0 Å². The Morgan fingerprint density at radius 3 is 2.79 bits per heavy atom. The Bertz CT molecular complexity index is 714. The Morgan fingerprint density at radius 1 is 1.21 bits per heavy atom. The first-order chi connectivity index (χ1) is 11.6. The maximum absolute atomic E-state index is 11.9. The van der Waals surface area contributed by atoms with Gasteiger partial charge in [0.25, 0.3) is 5.91 Å². The first-order valence-corrected chi connectivity index (χ1v) is 7.98. The molecule has 3 rings (SSSR count). The lowest BCUT2D eigenvalue weighted by molar-refractivity contribution is 0.0944. The maximum Gasteiger partial charge on any atom is 0.269 e. The number of hydrogen-bond acceptors (Lipinski definition) is 5. The summed E-state index contributed by atoms with van der Waals surface area (Å²) < 4.78 is 10.7. The SMILES string of the molecule is CC(C)CNC(=O)c1ccc(NCc2ccc3c(c2)OCO3)cn1. The van der Waals surface area contributed by atoms with Crippen LogP contribution in [0, 0.1) is 5.92 Å². The molecule has 0 spiro atoms. The number of ether oxygens (including phenoxy) is 2. The third-order valence-electron chi connectivity index (χ3n) is 3.60. The van der Waals surface area contributed by atoms with Gasteiger partial charge in [0.1, 0.15) is 5.69 Å². The average Bonchev–Trinajstić information content (AvgIpc) is 3.06. The number of aromatic nitrogens is 1. The molecule has 2 N–H and O–H groups in total. The normalized spacial score (nSPS) is 12.3. The second kappa shape index (κ2) is 7.21. The third kappa shape index (κ3) is 3.95. The van der Waals surface area contributed by atoms with Crippen molar-refractivity contribution < 1.29 is 14.3 Å². The fourth-order valence-electron chi connectivity index (χ4n) is 2.28. The predicted molar refractivity (Wildman–Crippen MR) is 91.3 cm³/mol. The quantitative estimate of drug-likeness (QED) is 0.853. The van der Waals surface area contributed by atoms with E-state index in [0.717, 1.165) is 22.7 Å². The molecular formula is C18H21N3O3. The molecule has 1 aromatic heterocycles. The molecule has 0 fully saturated rings. The van der Waals surface area contributed by atoms with Crippen LogP contribution in [-0.4, -0.2) is 24.2 Å². The maximum atomic E-state index is 11.9. The zero-order valence-corrected chi connectivity index (χ0v) is 13.8. The molecule has 0 radical (unpaired) electrons. The summed E-state index contributed by atoms with van der Waals surface area (Å²) in [7, 11) is 0. The number of fused-ring (bicyclic) bond motifs is 1. The van der Waals surface area contributed by atoms with E-state index < -0.39 is 0 Å². The number of benzene rings is 1. The van der Waals surface area contributed by atoms with Gasteiger partial charge in [-0.25, -0.2) is 4.98 Å². The Labute approximate surface area is 141 Å². The van der Waals surface area contributed by atoms with Crippen LogP contribution >= 0.6 is 0 Å². The molecule has 1 aliphatic heterocycles. The second-order valence-electron chi connectivity index (χ2n) is 6.08. The zero-order valence-electron chi connectivity index (χ0n) is 13.8. The van der Waals surface area contributed by atoms with E-state index in [0.29, 0.717) is 24.7 Å². The van der Waals surface area contributed by atoms with E-state index in [1.165, 1.54) is 0 Å². The fourth-order valence-corrected chi connectivity index (χ4v) is 2.28. The molecule has 1 amide bonds. The molecule has 2 heterocycles. The predicted octanol–water partition coefficient (Wildman–Crippen LogP) is 2.81. The number of nitrogens with zero attached hydrogens (tertiary/aromatic N) is 1. The first kappa shape index (κ1) is 16.1. The van der Waals surface area contributed by atoms with E-state index in [9.17, 15) is 4.79 Å². The molecule has 0 saturated heterocycles. The first-order valence-electron chi connectivity index (χ1n) is 7.98. The number of hydrogen-bond donors (Lipinski definition) is 2. The molecule has 6 nitrogen and oxygen atoms in total. The zero-order chi connectivity index (χ0) is 16.9. The lowest BCUT2D eigenvalue weighted by Crippen LogP contribution is -2.27. The molecule has 1 aliphatic rings. The van der Waals surface area contributed by atoms with Crippen LogP contribution in [0.1, 0.15) is 29.9 Å². The molecule has 24 heavy (non-hydrogen) atoms. The topological polar surface area (TPSA) is 72.5 Å². The van der Waals surface area contributed by atoms with Crippen LogP contribution in [0.4, 0.5) is 5.69 Å². The second-order valence-corrected chi connectivity index (χ2v) is 6.08. The smallest absolute Gasteiger partial charge is 0.269 e. The number of carbonyl (C=O) groups is 1. The standard InChI is InChI=1S/C18H21N3O3/c1-12(2)8-21-18(22)15-5-4-14(10-20-15)19-9-13-3-6-16-17(7-13)24-11-23-16/h3-7,10,12,19H,8-9,11H2,1-2H3,(H,21,22). The minimum atomic E-state index is -0.147. The van der Waals surface area contributed by atoms with Gasteiger partial charge in [-0.05, 0) is 35.7 Å². The summed E-state index contributed by atoms with van der Waals surface area (Å²) in [6.07, 6.45) is 1.66. The fraction of sp³-hybridized carbons (Fsp3) is 0.333. The summed E-state index contributed by atoms with van der Waals surface area (Å²) in [4.78, 5) is 16.1. The van der Waals surface area contributed by atoms with Gasteiger partial charge in [-0.1, -0.05) is 19.9 Å². The summed E-state index contributed by atoms with van der Waals surface area (Å²) in [5, 5.41) is 6.13. The highest BCUT2D eigenvalue weighted by Gasteiger charge is 2.13. The molecule has 0 bridgehead atoms. The van der Waals surface area contributed by atoms with Crippen molar-refractivity contribution >= 4 is 11.6 Å². The van der Waals surface area contributed by atoms with Gasteiger partial charge >= 0.3 is 0 Å². The molecule has 6 heteroatoms. The van der Waals surface area contributed by atoms with E-state index in [4.69, 9.17) is 9.47 Å². The van der Waals surface area contributed by atoms with E-state index in [-0.39, 0.29) is 12.7 Å². The highest BCUT2D eigenvalue weighted by Crippen LogP contribution is 2.32. The Morgan fingerprint density at radius 2 is 2.04 bits per heavy atom. The molecule has 1 aromatic carbocycles. The summed E-state index contributed by atoms with van der Waals surface area (Å²) in [6, 6.07) is 9.42.